The summed E-state index contributed by atoms with van der Waals surface area (Å²) in [7, 11) is 0. The first-order valence-corrected chi connectivity index (χ1v) is 7.89. The number of hydrogen-bond donors (Lipinski definition) is 2. The van der Waals surface area contributed by atoms with Gasteiger partial charge in [-0.05, 0) is 33.1 Å². The van der Waals surface area contributed by atoms with Crippen molar-refractivity contribution >= 4 is 5.69 Å². The molecule has 0 bridgehead atoms. The molecule has 2 fully saturated rings. The van der Waals surface area contributed by atoms with Crippen LogP contribution in [0.3, 0.4) is 0 Å². The number of hydrogen-bond acceptors (Lipinski definition) is 5. The van der Waals surface area contributed by atoms with E-state index in [2.05, 4.69) is 10.00 Å². The van der Waals surface area contributed by atoms with Gasteiger partial charge in [-0.15, -0.1) is 0 Å². The first-order chi connectivity index (χ1) is 10.1. The largest absolute Gasteiger partial charge is 0.396 e. The Hall–Kier alpha value is -1.11. The third-order valence-electron chi connectivity index (χ3n) is 4.86. The highest BCUT2D eigenvalue weighted by atomic mass is 16.5. The number of nitrogen functional groups attached to an aromatic ring is 1. The maximum Gasteiger partial charge on any atom is 0.0862 e. The van der Waals surface area contributed by atoms with E-state index in [4.69, 9.17) is 10.5 Å². The lowest BCUT2D eigenvalue weighted by atomic mass is 10.1. The lowest BCUT2D eigenvalue weighted by molar-refractivity contribution is -0.0686. The smallest absolute Gasteiger partial charge is 0.0862 e. The van der Waals surface area contributed by atoms with Crippen molar-refractivity contribution in [3.05, 3.63) is 11.4 Å². The van der Waals surface area contributed by atoms with Crippen molar-refractivity contribution < 1.29 is 9.84 Å². The van der Waals surface area contributed by atoms with Crippen LogP contribution < -0.4 is 5.73 Å². The summed E-state index contributed by atoms with van der Waals surface area (Å²) in [5, 5.41) is 14.8. The monoisotopic (exact) mass is 294 g/mol. The van der Waals surface area contributed by atoms with Gasteiger partial charge in [-0.1, -0.05) is 0 Å². The fourth-order valence-electron chi connectivity index (χ4n) is 3.65. The first-order valence-electron chi connectivity index (χ1n) is 7.89. The van der Waals surface area contributed by atoms with Gasteiger partial charge in [0.25, 0.3) is 0 Å². The lowest BCUT2D eigenvalue weighted by Gasteiger charge is -2.38. The summed E-state index contributed by atoms with van der Waals surface area (Å²) < 4.78 is 7.63. The quantitative estimate of drug-likeness (QED) is 0.855. The van der Waals surface area contributed by atoms with Gasteiger partial charge in [0, 0.05) is 19.1 Å². The van der Waals surface area contributed by atoms with Crippen molar-refractivity contribution in [3.63, 3.8) is 0 Å². The Morgan fingerprint density at radius 1 is 1.38 bits per heavy atom. The molecule has 3 atom stereocenters. The number of β-amino-alcohol motifs (C(OH)–C–C–N with tert-alkyl or cyclic N) is 1. The van der Waals surface area contributed by atoms with Crippen LogP contribution >= 0.6 is 0 Å². The van der Waals surface area contributed by atoms with Gasteiger partial charge >= 0.3 is 0 Å². The van der Waals surface area contributed by atoms with E-state index in [1.54, 1.807) is 0 Å². The third kappa shape index (κ3) is 2.93. The number of aliphatic hydroxyl groups excluding tert-OH is 1. The number of anilines is 1. The summed E-state index contributed by atoms with van der Waals surface area (Å²) in [5.74, 6) is 0. The fraction of sp³-hybridized carbons (Fsp3) is 0.800. The van der Waals surface area contributed by atoms with Crippen LogP contribution in [0, 0.1) is 13.8 Å². The number of nitrogens with zero attached hydrogens (tertiary/aromatic N) is 3. The third-order valence-corrected chi connectivity index (χ3v) is 4.86. The van der Waals surface area contributed by atoms with Gasteiger partial charge in [0.2, 0.25) is 0 Å². The van der Waals surface area contributed by atoms with E-state index >= 15 is 0 Å². The van der Waals surface area contributed by atoms with Gasteiger partial charge < -0.3 is 15.6 Å². The van der Waals surface area contributed by atoms with Gasteiger partial charge in [0.15, 0.2) is 0 Å². The maximum atomic E-state index is 10.4. The zero-order valence-corrected chi connectivity index (χ0v) is 13.0. The lowest BCUT2D eigenvalue weighted by Crippen LogP contribution is -2.51. The minimum atomic E-state index is -0.429. The molecule has 1 saturated heterocycles. The van der Waals surface area contributed by atoms with Crippen molar-refractivity contribution in [2.75, 3.05) is 25.4 Å². The molecule has 6 heteroatoms. The highest BCUT2D eigenvalue weighted by molar-refractivity contribution is 5.46. The van der Waals surface area contributed by atoms with Crippen molar-refractivity contribution in [3.8, 4) is 0 Å². The zero-order chi connectivity index (χ0) is 15.0. The van der Waals surface area contributed by atoms with Crippen LogP contribution in [0.2, 0.25) is 0 Å². The summed E-state index contributed by atoms with van der Waals surface area (Å²) in [6, 6.07) is 0.485. The normalized spacial score (nSPS) is 27.8. The van der Waals surface area contributed by atoms with Crippen LogP contribution in [-0.4, -0.2) is 57.7 Å². The molecule has 2 heterocycles. The minimum absolute atomic E-state index is 0.371. The summed E-state index contributed by atoms with van der Waals surface area (Å²) in [6.07, 6.45) is 3.52. The van der Waals surface area contributed by atoms with E-state index in [9.17, 15) is 5.11 Å². The molecule has 0 amide bonds. The topological polar surface area (TPSA) is 76.5 Å². The minimum Gasteiger partial charge on any atom is -0.396 e. The number of aliphatic hydroxyl groups is 1. The second-order valence-corrected chi connectivity index (χ2v) is 6.32. The van der Waals surface area contributed by atoms with Crippen LogP contribution in [0.1, 0.15) is 30.7 Å². The van der Waals surface area contributed by atoms with Crippen LogP contribution in [0.15, 0.2) is 0 Å². The van der Waals surface area contributed by atoms with Crippen LogP contribution in [0.5, 0.6) is 0 Å². The second kappa shape index (κ2) is 5.94. The molecule has 1 aliphatic heterocycles. The predicted molar refractivity (Wildman–Crippen MR) is 81.1 cm³/mol. The number of ether oxygens (including phenoxy) is 1. The molecule has 1 aliphatic carbocycles. The zero-order valence-electron chi connectivity index (χ0n) is 13.0. The molecule has 6 nitrogen and oxygen atoms in total. The molecule has 3 rings (SSSR count). The molecule has 0 radical (unpaired) electrons. The Morgan fingerprint density at radius 2 is 2.19 bits per heavy atom. The fourth-order valence-corrected chi connectivity index (χ4v) is 3.65. The maximum absolute atomic E-state index is 10.4. The Kier molecular flexibility index (Phi) is 4.19. The molecule has 118 valence electrons. The molecule has 1 saturated carbocycles. The average Bonchev–Trinajstić information content (AvgIpc) is 3.01. The highest BCUT2D eigenvalue weighted by Gasteiger charge is 2.36. The predicted octanol–water partition coefficient (Wildman–Crippen LogP) is 0.696. The van der Waals surface area contributed by atoms with Gasteiger partial charge in [-0.2, -0.15) is 5.10 Å². The highest BCUT2D eigenvalue weighted by Crippen LogP contribution is 2.29. The molecule has 1 aromatic rings. The van der Waals surface area contributed by atoms with Gasteiger partial charge in [-0.25, -0.2) is 0 Å². The van der Waals surface area contributed by atoms with Crippen LogP contribution in [-0.2, 0) is 11.3 Å². The number of aromatic nitrogens is 2. The molecule has 3 unspecified atom stereocenters. The first kappa shape index (κ1) is 14.8. The SMILES string of the molecule is Cc1nn(CC(O)CN2CCOC3CCCC32)c(C)c1N. The molecule has 0 aromatic carbocycles. The van der Waals surface area contributed by atoms with E-state index < -0.39 is 6.10 Å². The van der Waals surface area contributed by atoms with Gasteiger partial charge in [0.05, 0.1) is 42.4 Å². The molecular weight excluding hydrogens is 268 g/mol. The Labute approximate surface area is 125 Å². The average molecular weight is 294 g/mol. The molecule has 2 aliphatic rings. The number of morpholine rings is 1. The van der Waals surface area contributed by atoms with Crippen molar-refractivity contribution in [1.82, 2.24) is 14.7 Å². The molecule has 21 heavy (non-hydrogen) atoms. The second-order valence-electron chi connectivity index (χ2n) is 6.32. The summed E-state index contributed by atoms with van der Waals surface area (Å²) in [5.41, 5.74) is 8.44. The number of fused-ring (bicyclic) bond motifs is 1. The summed E-state index contributed by atoms with van der Waals surface area (Å²) >= 11 is 0. The standard InChI is InChI=1S/C15H26N4O2/c1-10-15(16)11(2)19(17-10)9-12(20)8-18-6-7-21-14-5-3-4-13(14)18/h12-14,20H,3-9,16H2,1-2H3. The van der Waals surface area contributed by atoms with Gasteiger partial charge in [-0.3, -0.25) is 9.58 Å². The molecule has 0 spiro atoms. The van der Waals surface area contributed by atoms with E-state index in [0.29, 0.717) is 25.2 Å². The van der Waals surface area contributed by atoms with Crippen LogP contribution in [0.4, 0.5) is 5.69 Å². The van der Waals surface area contributed by atoms with Crippen molar-refractivity contribution in [2.45, 2.75) is 57.9 Å². The summed E-state index contributed by atoms with van der Waals surface area (Å²) in [4.78, 5) is 2.39. The Balaban J connectivity index is 1.60. The van der Waals surface area contributed by atoms with E-state index in [-0.39, 0.29) is 0 Å². The van der Waals surface area contributed by atoms with E-state index in [0.717, 1.165) is 36.6 Å². The Bertz CT molecular complexity index is 502. The van der Waals surface area contributed by atoms with Crippen molar-refractivity contribution in [1.29, 1.82) is 0 Å². The summed E-state index contributed by atoms with van der Waals surface area (Å²) in [6.45, 7) is 6.72. The molecule has 1 aromatic heterocycles. The van der Waals surface area contributed by atoms with Crippen LogP contribution in [0.25, 0.3) is 0 Å². The van der Waals surface area contributed by atoms with Crippen molar-refractivity contribution in [2.24, 2.45) is 0 Å². The number of rotatable bonds is 4. The Morgan fingerprint density at radius 3 is 2.90 bits per heavy atom. The number of nitrogens with two attached hydrogens (primary N) is 1. The van der Waals surface area contributed by atoms with Gasteiger partial charge in [0.1, 0.15) is 0 Å². The molecular formula is C15H26N4O2. The molecule has 3 N–H and O–H groups in total. The van der Waals surface area contributed by atoms with E-state index in [1.165, 1.54) is 12.8 Å². The number of aryl methyl sites for hydroxylation is 1. The van der Waals surface area contributed by atoms with E-state index in [1.807, 2.05) is 18.5 Å².